The summed E-state index contributed by atoms with van der Waals surface area (Å²) in [5.41, 5.74) is 5.17. The summed E-state index contributed by atoms with van der Waals surface area (Å²) in [5.74, 6) is -0.661. The zero-order chi connectivity index (χ0) is 14.2. The molecule has 0 fully saturated rings. The first-order chi connectivity index (χ1) is 8.79. The second-order valence-electron chi connectivity index (χ2n) is 3.93. The van der Waals surface area contributed by atoms with Gasteiger partial charge in [-0.15, -0.1) is 0 Å². The molecule has 0 aliphatic heterocycles. The van der Waals surface area contributed by atoms with E-state index in [0.29, 0.717) is 0 Å². The van der Waals surface area contributed by atoms with E-state index >= 15 is 0 Å². The van der Waals surface area contributed by atoms with E-state index < -0.39 is 17.6 Å². The van der Waals surface area contributed by atoms with Crippen LogP contribution in [0.3, 0.4) is 0 Å². The lowest BCUT2D eigenvalue weighted by molar-refractivity contribution is -0.137. The van der Waals surface area contributed by atoms with Crippen molar-refractivity contribution in [2.24, 2.45) is 0 Å². The third kappa shape index (κ3) is 2.81. The highest BCUT2D eigenvalue weighted by Crippen LogP contribution is 2.36. The van der Waals surface area contributed by atoms with Crippen molar-refractivity contribution in [1.29, 1.82) is 0 Å². The molecular formula is C13H8ClF4N. The van der Waals surface area contributed by atoms with Crippen LogP contribution in [0.25, 0.3) is 11.1 Å². The fraction of sp³-hybridized carbons (Fsp3) is 0.0769. The Bertz CT molecular complexity index is 623. The number of nitrogen functional groups attached to an aromatic ring is 1. The Hall–Kier alpha value is -1.75. The summed E-state index contributed by atoms with van der Waals surface area (Å²) in [6, 6.07) is 6.54. The van der Waals surface area contributed by atoms with Crippen molar-refractivity contribution >= 4 is 17.3 Å². The van der Waals surface area contributed by atoms with Crippen LogP contribution in [0.1, 0.15) is 5.56 Å². The van der Waals surface area contributed by atoms with Crippen molar-refractivity contribution in [3.05, 3.63) is 52.8 Å². The van der Waals surface area contributed by atoms with Gasteiger partial charge in [-0.25, -0.2) is 4.39 Å². The van der Waals surface area contributed by atoms with Crippen molar-refractivity contribution in [2.75, 3.05) is 5.73 Å². The van der Waals surface area contributed by atoms with Crippen LogP contribution in [0, 0.1) is 5.82 Å². The standard InChI is InChI=1S/C13H8ClF4N/c14-11-6-9(15)5-10(12(11)19)7-2-1-3-8(4-7)13(16,17)18/h1-6H,19H2. The summed E-state index contributed by atoms with van der Waals surface area (Å²) in [4.78, 5) is 0. The van der Waals surface area contributed by atoms with Gasteiger partial charge in [0.05, 0.1) is 16.3 Å². The largest absolute Gasteiger partial charge is 0.416 e. The van der Waals surface area contributed by atoms with Crippen molar-refractivity contribution < 1.29 is 17.6 Å². The molecule has 0 saturated heterocycles. The maximum Gasteiger partial charge on any atom is 0.416 e. The van der Waals surface area contributed by atoms with Gasteiger partial charge in [0.25, 0.3) is 0 Å². The van der Waals surface area contributed by atoms with Crippen LogP contribution in [-0.4, -0.2) is 0 Å². The minimum atomic E-state index is -4.47. The van der Waals surface area contributed by atoms with E-state index in [4.69, 9.17) is 17.3 Å². The number of nitrogens with two attached hydrogens (primary N) is 1. The molecule has 0 bridgehead atoms. The average Bonchev–Trinajstić information content (AvgIpc) is 2.33. The molecule has 100 valence electrons. The molecule has 0 amide bonds. The molecule has 2 rings (SSSR count). The van der Waals surface area contributed by atoms with E-state index in [2.05, 4.69) is 0 Å². The van der Waals surface area contributed by atoms with Gasteiger partial charge in [0.15, 0.2) is 0 Å². The average molecular weight is 290 g/mol. The molecule has 0 radical (unpaired) electrons. The minimum absolute atomic E-state index is 0.0348. The molecule has 2 aromatic carbocycles. The van der Waals surface area contributed by atoms with E-state index in [0.717, 1.165) is 24.3 Å². The van der Waals surface area contributed by atoms with Crippen LogP contribution in [-0.2, 0) is 6.18 Å². The number of rotatable bonds is 1. The highest BCUT2D eigenvalue weighted by Gasteiger charge is 2.30. The minimum Gasteiger partial charge on any atom is -0.397 e. The third-order valence-corrected chi connectivity index (χ3v) is 2.91. The maximum absolute atomic E-state index is 13.3. The Kier molecular flexibility index (Phi) is 3.41. The predicted molar refractivity (Wildman–Crippen MR) is 66.3 cm³/mol. The molecule has 0 unspecified atom stereocenters. The summed E-state index contributed by atoms with van der Waals surface area (Å²) in [5, 5.41) is -0.0348. The molecule has 2 aromatic rings. The molecule has 2 N–H and O–H groups in total. The molecule has 0 aliphatic rings. The summed E-state index contributed by atoms with van der Waals surface area (Å²) in [6.45, 7) is 0. The lowest BCUT2D eigenvalue weighted by Crippen LogP contribution is -2.04. The van der Waals surface area contributed by atoms with Gasteiger partial charge < -0.3 is 5.73 Å². The van der Waals surface area contributed by atoms with Gasteiger partial charge in [-0.3, -0.25) is 0 Å². The van der Waals surface area contributed by atoms with E-state index in [1.807, 2.05) is 0 Å². The topological polar surface area (TPSA) is 26.0 Å². The Morgan fingerprint density at radius 3 is 2.37 bits per heavy atom. The summed E-state index contributed by atoms with van der Waals surface area (Å²) in [6.07, 6.45) is -4.47. The Balaban J connectivity index is 2.60. The lowest BCUT2D eigenvalue weighted by atomic mass is 10.0. The molecule has 0 saturated carbocycles. The molecule has 0 spiro atoms. The van der Waals surface area contributed by atoms with Crippen molar-refractivity contribution in [2.45, 2.75) is 6.18 Å². The Morgan fingerprint density at radius 1 is 1.05 bits per heavy atom. The predicted octanol–water partition coefficient (Wildman–Crippen LogP) is 4.75. The summed E-state index contributed by atoms with van der Waals surface area (Å²) >= 11 is 5.71. The second-order valence-corrected chi connectivity index (χ2v) is 4.33. The van der Waals surface area contributed by atoms with Crippen molar-refractivity contribution in [3.8, 4) is 11.1 Å². The zero-order valence-electron chi connectivity index (χ0n) is 9.43. The first kappa shape index (κ1) is 13.7. The molecule has 0 atom stereocenters. The highest BCUT2D eigenvalue weighted by atomic mass is 35.5. The molecule has 0 aromatic heterocycles. The van der Waals surface area contributed by atoms with E-state index in [1.54, 1.807) is 0 Å². The van der Waals surface area contributed by atoms with Gasteiger partial charge >= 0.3 is 6.18 Å². The molecule has 1 nitrogen and oxygen atoms in total. The van der Waals surface area contributed by atoms with Crippen LogP contribution in [0.4, 0.5) is 23.2 Å². The Morgan fingerprint density at radius 2 is 1.74 bits per heavy atom. The first-order valence-electron chi connectivity index (χ1n) is 5.21. The van der Waals surface area contributed by atoms with Crippen LogP contribution >= 0.6 is 11.6 Å². The van der Waals surface area contributed by atoms with Crippen LogP contribution in [0.2, 0.25) is 5.02 Å². The SMILES string of the molecule is Nc1c(Cl)cc(F)cc1-c1cccc(C(F)(F)F)c1. The van der Waals surface area contributed by atoms with E-state index in [9.17, 15) is 17.6 Å². The molecule has 6 heteroatoms. The van der Waals surface area contributed by atoms with Crippen LogP contribution in [0.5, 0.6) is 0 Å². The summed E-state index contributed by atoms with van der Waals surface area (Å²) in [7, 11) is 0. The first-order valence-corrected chi connectivity index (χ1v) is 5.59. The van der Waals surface area contributed by atoms with Gasteiger partial charge in [0.1, 0.15) is 5.82 Å². The summed E-state index contributed by atoms with van der Waals surface area (Å²) < 4.78 is 51.1. The van der Waals surface area contributed by atoms with Crippen molar-refractivity contribution in [3.63, 3.8) is 0 Å². The quantitative estimate of drug-likeness (QED) is 0.595. The van der Waals surface area contributed by atoms with E-state index in [1.165, 1.54) is 12.1 Å². The van der Waals surface area contributed by atoms with Gasteiger partial charge in [-0.1, -0.05) is 23.7 Å². The second kappa shape index (κ2) is 4.74. The molecule has 0 aliphatic carbocycles. The fourth-order valence-corrected chi connectivity index (χ4v) is 1.89. The number of hydrogen-bond acceptors (Lipinski definition) is 1. The number of hydrogen-bond donors (Lipinski definition) is 1. The fourth-order valence-electron chi connectivity index (χ4n) is 1.69. The normalized spacial score (nSPS) is 11.6. The van der Waals surface area contributed by atoms with Gasteiger partial charge in [0.2, 0.25) is 0 Å². The third-order valence-electron chi connectivity index (χ3n) is 2.60. The maximum atomic E-state index is 13.3. The molecular weight excluding hydrogens is 282 g/mol. The Labute approximate surface area is 111 Å². The zero-order valence-corrected chi connectivity index (χ0v) is 10.2. The van der Waals surface area contributed by atoms with Crippen LogP contribution < -0.4 is 5.73 Å². The monoisotopic (exact) mass is 289 g/mol. The number of benzene rings is 2. The lowest BCUT2D eigenvalue weighted by Gasteiger charge is -2.11. The number of anilines is 1. The number of halogens is 5. The van der Waals surface area contributed by atoms with E-state index in [-0.39, 0.29) is 21.8 Å². The van der Waals surface area contributed by atoms with Gasteiger partial charge in [-0.05, 0) is 29.8 Å². The molecule has 0 heterocycles. The number of alkyl halides is 3. The molecule has 19 heavy (non-hydrogen) atoms. The highest BCUT2D eigenvalue weighted by molar-refractivity contribution is 6.33. The van der Waals surface area contributed by atoms with Crippen molar-refractivity contribution in [1.82, 2.24) is 0 Å². The smallest absolute Gasteiger partial charge is 0.397 e. The van der Waals surface area contributed by atoms with Gasteiger partial charge in [-0.2, -0.15) is 13.2 Å². The van der Waals surface area contributed by atoms with Crippen LogP contribution in [0.15, 0.2) is 36.4 Å². The van der Waals surface area contributed by atoms with Gasteiger partial charge in [0, 0.05) is 5.56 Å².